The molecule has 1 atom stereocenters. The summed E-state index contributed by atoms with van der Waals surface area (Å²) in [5, 5.41) is 0. The molecule has 0 fully saturated rings. The number of benzene rings is 2. The zero-order chi connectivity index (χ0) is 15.5. The summed E-state index contributed by atoms with van der Waals surface area (Å²) in [4.78, 5) is 10.6. The molecule has 2 rings (SSSR count). The van der Waals surface area contributed by atoms with Gasteiger partial charge in [-0.3, -0.25) is 4.79 Å². The highest BCUT2D eigenvalue weighted by Crippen LogP contribution is 2.17. The lowest BCUT2D eigenvalue weighted by molar-refractivity contribution is 0.112. The summed E-state index contributed by atoms with van der Waals surface area (Å²) in [7, 11) is -3.70. The predicted molar refractivity (Wildman–Crippen MR) is 77.0 cm³/mol. The van der Waals surface area contributed by atoms with Crippen molar-refractivity contribution in [1.29, 1.82) is 0 Å². The third-order valence-corrected chi connectivity index (χ3v) is 4.59. The third-order valence-electron chi connectivity index (χ3n) is 3.03. The van der Waals surface area contributed by atoms with Crippen molar-refractivity contribution >= 4 is 16.3 Å². The van der Waals surface area contributed by atoms with Gasteiger partial charge in [-0.05, 0) is 36.8 Å². The third kappa shape index (κ3) is 3.74. The van der Waals surface area contributed by atoms with Gasteiger partial charge in [0.15, 0.2) is 0 Å². The topological polar surface area (TPSA) is 63.2 Å². The van der Waals surface area contributed by atoms with Gasteiger partial charge in [0, 0.05) is 11.6 Å². The van der Waals surface area contributed by atoms with E-state index in [1.807, 2.05) is 0 Å². The molecule has 0 bridgehead atoms. The van der Waals surface area contributed by atoms with Crippen molar-refractivity contribution in [3.05, 3.63) is 65.5 Å². The molecule has 0 spiro atoms. The highest BCUT2D eigenvalue weighted by atomic mass is 32.2. The van der Waals surface area contributed by atoms with Gasteiger partial charge in [0.2, 0.25) is 10.0 Å². The number of nitrogens with one attached hydrogen (secondary N) is 1. The first-order valence-corrected chi connectivity index (χ1v) is 7.74. The molecule has 4 nitrogen and oxygen atoms in total. The van der Waals surface area contributed by atoms with E-state index < -0.39 is 16.1 Å². The number of rotatable bonds is 5. The van der Waals surface area contributed by atoms with Crippen LogP contribution in [0.25, 0.3) is 0 Å². The SMILES string of the molecule is C[C@H](NS(=O)(=O)c1ccc(C=O)cc1)c1ccc(F)cc1. The Hall–Kier alpha value is -2.05. The molecule has 0 aliphatic heterocycles. The van der Waals surface area contributed by atoms with Crippen LogP contribution in [0.5, 0.6) is 0 Å². The van der Waals surface area contributed by atoms with Crippen molar-refractivity contribution in [2.24, 2.45) is 0 Å². The zero-order valence-corrected chi connectivity index (χ0v) is 12.1. The number of carbonyl (C=O) groups excluding carboxylic acids is 1. The Morgan fingerprint density at radius 2 is 1.62 bits per heavy atom. The molecule has 0 saturated carbocycles. The smallest absolute Gasteiger partial charge is 0.241 e. The van der Waals surface area contributed by atoms with Crippen LogP contribution in [0, 0.1) is 5.82 Å². The van der Waals surface area contributed by atoms with E-state index in [-0.39, 0.29) is 10.7 Å². The number of hydrogen-bond donors (Lipinski definition) is 1. The molecule has 0 unspecified atom stereocenters. The van der Waals surface area contributed by atoms with Gasteiger partial charge in [0.1, 0.15) is 12.1 Å². The Morgan fingerprint density at radius 3 is 2.14 bits per heavy atom. The van der Waals surface area contributed by atoms with Gasteiger partial charge >= 0.3 is 0 Å². The summed E-state index contributed by atoms with van der Waals surface area (Å²) in [5.74, 6) is -0.377. The molecule has 0 heterocycles. The van der Waals surface area contributed by atoms with Gasteiger partial charge in [0.05, 0.1) is 4.90 Å². The Kier molecular flexibility index (Phi) is 4.50. The second-order valence-corrected chi connectivity index (χ2v) is 6.30. The molecule has 110 valence electrons. The maximum atomic E-state index is 12.9. The van der Waals surface area contributed by atoms with E-state index in [1.165, 1.54) is 48.5 Å². The maximum absolute atomic E-state index is 12.9. The normalized spacial score (nSPS) is 12.9. The van der Waals surface area contributed by atoms with E-state index in [0.29, 0.717) is 17.4 Å². The summed E-state index contributed by atoms with van der Waals surface area (Å²) in [6.07, 6.45) is 0.644. The lowest BCUT2D eigenvalue weighted by atomic mass is 10.1. The van der Waals surface area contributed by atoms with Crippen LogP contribution < -0.4 is 4.72 Å². The highest BCUT2D eigenvalue weighted by molar-refractivity contribution is 7.89. The Labute approximate surface area is 122 Å². The van der Waals surface area contributed by atoms with Crippen LogP contribution in [0.1, 0.15) is 28.9 Å². The van der Waals surface area contributed by atoms with Crippen LogP contribution in [0.15, 0.2) is 53.4 Å². The molecule has 6 heteroatoms. The van der Waals surface area contributed by atoms with Crippen molar-refractivity contribution < 1.29 is 17.6 Å². The standard InChI is InChI=1S/C15H14FNO3S/c1-11(13-4-6-14(16)7-5-13)17-21(19,20)15-8-2-12(10-18)3-9-15/h2-11,17H,1H3/t11-/m0/s1. The van der Waals surface area contributed by atoms with Crippen molar-refractivity contribution in [3.8, 4) is 0 Å². The summed E-state index contributed by atoms with van der Waals surface area (Å²) in [6.45, 7) is 1.67. The minimum atomic E-state index is -3.70. The first kappa shape index (κ1) is 15.3. The van der Waals surface area contributed by atoms with E-state index >= 15 is 0 Å². The van der Waals surface area contributed by atoms with Crippen molar-refractivity contribution in [2.45, 2.75) is 17.9 Å². The van der Waals surface area contributed by atoms with Gasteiger partial charge in [-0.25, -0.2) is 17.5 Å². The molecular formula is C15H14FNO3S. The molecule has 2 aromatic carbocycles. The quantitative estimate of drug-likeness (QED) is 0.864. The molecule has 2 aromatic rings. The van der Waals surface area contributed by atoms with Gasteiger partial charge in [-0.1, -0.05) is 24.3 Å². The van der Waals surface area contributed by atoms with Crippen LogP contribution in [-0.2, 0) is 10.0 Å². The zero-order valence-electron chi connectivity index (χ0n) is 11.3. The predicted octanol–water partition coefficient (Wildman–Crippen LogP) is 2.68. The summed E-state index contributed by atoms with van der Waals surface area (Å²) >= 11 is 0. The largest absolute Gasteiger partial charge is 0.298 e. The summed E-state index contributed by atoms with van der Waals surface area (Å²) < 4.78 is 39.8. The van der Waals surface area contributed by atoms with E-state index in [2.05, 4.69) is 4.72 Å². The fraction of sp³-hybridized carbons (Fsp3) is 0.133. The van der Waals surface area contributed by atoms with Gasteiger partial charge in [-0.15, -0.1) is 0 Å². The van der Waals surface area contributed by atoms with E-state index in [4.69, 9.17) is 0 Å². The van der Waals surface area contributed by atoms with E-state index in [1.54, 1.807) is 6.92 Å². The Morgan fingerprint density at radius 1 is 1.05 bits per heavy atom. The second-order valence-electron chi connectivity index (χ2n) is 4.58. The van der Waals surface area contributed by atoms with Crippen LogP contribution in [0.2, 0.25) is 0 Å². The number of carbonyl (C=O) groups is 1. The van der Waals surface area contributed by atoms with Gasteiger partial charge < -0.3 is 0 Å². The average molecular weight is 307 g/mol. The van der Waals surface area contributed by atoms with Gasteiger partial charge in [-0.2, -0.15) is 0 Å². The first-order chi connectivity index (χ1) is 9.92. The molecule has 0 aliphatic rings. The fourth-order valence-electron chi connectivity index (χ4n) is 1.85. The van der Waals surface area contributed by atoms with Crippen LogP contribution in [0.3, 0.4) is 0 Å². The van der Waals surface area contributed by atoms with Crippen LogP contribution in [0.4, 0.5) is 4.39 Å². The Bertz CT molecular complexity index is 725. The van der Waals surface area contributed by atoms with Crippen molar-refractivity contribution in [3.63, 3.8) is 0 Å². The number of halogens is 1. The van der Waals surface area contributed by atoms with Crippen molar-refractivity contribution in [1.82, 2.24) is 4.72 Å². The number of hydrogen-bond acceptors (Lipinski definition) is 3. The molecule has 1 N–H and O–H groups in total. The van der Waals surface area contributed by atoms with E-state index in [0.717, 1.165) is 0 Å². The fourth-order valence-corrected chi connectivity index (χ4v) is 3.08. The minimum absolute atomic E-state index is 0.0714. The molecule has 0 aliphatic carbocycles. The minimum Gasteiger partial charge on any atom is -0.298 e. The Balaban J connectivity index is 2.19. The summed E-state index contributed by atoms with van der Waals surface area (Å²) in [6, 6.07) is 10.7. The number of aldehydes is 1. The van der Waals surface area contributed by atoms with Crippen LogP contribution >= 0.6 is 0 Å². The molecule has 0 aromatic heterocycles. The second kappa shape index (κ2) is 6.15. The molecule has 0 amide bonds. The molecule has 0 saturated heterocycles. The molecule has 21 heavy (non-hydrogen) atoms. The average Bonchev–Trinajstić information content (AvgIpc) is 2.47. The number of sulfonamides is 1. The summed E-state index contributed by atoms with van der Waals surface area (Å²) in [5.41, 5.74) is 1.06. The highest BCUT2D eigenvalue weighted by Gasteiger charge is 2.18. The lowest BCUT2D eigenvalue weighted by Gasteiger charge is -2.14. The maximum Gasteiger partial charge on any atom is 0.241 e. The van der Waals surface area contributed by atoms with Crippen LogP contribution in [-0.4, -0.2) is 14.7 Å². The van der Waals surface area contributed by atoms with E-state index in [9.17, 15) is 17.6 Å². The molecule has 0 radical (unpaired) electrons. The van der Waals surface area contributed by atoms with Crippen molar-refractivity contribution in [2.75, 3.05) is 0 Å². The lowest BCUT2D eigenvalue weighted by Crippen LogP contribution is -2.26. The first-order valence-electron chi connectivity index (χ1n) is 6.25. The molecular weight excluding hydrogens is 293 g/mol. The van der Waals surface area contributed by atoms with Gasteiger partial charge in [0.25, 0.3) is 0 Å². The monoisotopic (exact) mass is 307 g/mol.